The fourth-order valence-corrected chi connectivity index (χ4v) is 9.20. The van der Waals surface area contributed by atoms with E-state index in [9.17, 15) is 9.59 Å². The van der Waals surface area contributed by atoms with Crippen LogP contribution >= 0.6 is 37.2 Å². The number of esters is 2. The lowest BCUT2D eigenvalue weighted by Gasteiger charge is -2.57. The van der Waals surface area contributed by atoms with Crippen LogP contribution in [0.4, 0.5) is 0 Å². The predicted molar refractivity (Wildman–Crippen MR) is 180 cm³/mol. The van der Waals surface area contributed by atoms with Crippen LogP contribution in [-0.4, -0.2) is 24.6 Å². The van der Waals surface area contributed by atoms with Gasteiger partial charge in [-0.2, -0.15) is 0 Å². The van der Waals surface area contributed by atoms with Crippen LogP contribution in [0.2, 0.25) is 0 Å². The van der Waals surface area contributed by atoms with Gasteiger partial charge in [0.1, 0.15) is 0 Å². The molecule has 0 N–H and O–H groups in total. The van der Waals surface area contributed by atoms with Crippen molar-refractivity contribution in [1.82, 2.24) is 0 Å². The Morgan fingerprint density at radius 2 is 1.21 bits per heavy atom. The average molecular weight is 765 g/mol. The van der Waals surface area contributed by atoms with Crippen LogP contribution in [-0.2, 0) is 19.1 Å². The molecule has 228 valence electrons. The van der Waals surface area contributed by atoms with E-state index in [0.717, 1.165) is 47.3 Å². The quantitative estimate of drug-likeness (QED) is 0.124. The first-order chi connectivity index (χ1) is 15.7. The fraction of sp³-hybridized carbons (Fsp3) is 0.938. The van der Waals surface area contributed by atoms with Crippen LogP contribution < -0.4 is 0 Å². The van der Waals surface area contributed by atoms with E-state index in [0.29, 0.717) is 10.8 Å². The first kappa shape index (κ1) is 40.7. The Morgan fingerprint density at radius 3 is 1.55 bits per heavy atom. The van der Waals surface area contributed by atoms with Crippen molar-refractivity contribution in [2.75, 3.05) is 7.11 Å². The van der Waals surface area contributed by atoms with Gasteiger partial charge < -0.3 is 9.47 Å². The average Bonchev–Trinajstić information content (AvgIpc) is 3.51. The first-order valence-corrected chi connectivity index (χ1v) is 19.4. The minimum absolute atomic E-state index is 0. The summed E-state index contributed by atoms with van der Waals surface area (Å²) in [6, 6.07) is 0. The van der Waals surface area contributed by atoms with E-state index >= 15 is 0 Å². The summed E-state index contributed by atoms with van der Waals surface area (Å²) in [5.41, 5.74) is 0.899. The third-order valence-corrected chi connectivity index (χ3v) is 11.9. The zero-order chi connectivity index (χ0) is 26.0. The Labute approximate surface area is 260 Å². The molecule has 4 nitrogen and oxygen atoms in total. The van der Waals surface area contributed by atoms with E-state index < -0.39 is 11.9 Å². The standard InChI is InChI=1S/C22H38O.C6H8O3.4CH4.I2/c1-12-13(2)15-9-14(12)18-16-10-17(19(15)18)22(7,21(16,5)6)11-20(3,4)23-8;1-3-4(2)6(8)9-5(3)7;;;;;1-2/h12-19H,9-11H2,1-8H3;3-4H,1-2H3;4*1H4;. The summed E-state index contributed by atoms with van der Waals surface area (Å²) < 4.78 is 10.2. The molecule has 11 atom stereocenters. The summed E-state index contributed by atoms with van der Waals surface area (Å²) in [7, 11) is 1.90. The van der Waals surface area contributed by atoms with Crippen molar-refractivity contribution in [3.05, 3.63) is 0 Å². The molecule has 4 aliphatic carbocycles. The normalized spacial score (nSPS) is 42.5. The van der Waals surface area contributed by atoms with E-state index in [2.05, 4.69) is 90.4 Å². The highest BCUT2D eigenvalue weighted by atomic mass is 128. The van der Waals surface area contributed by atoms with Gasteiger partial charge in [0.15, 0.2) is 0 Å². The van der Waals surface area contributed by atoms with Crippen LogP contribution in [0.15, 0.2) is 0 Å². The monoisotopic (exact) mass is 764 g/mol. The van der Waals surface area contributed by atoms with Gasteiger partial charge >= 0.3 is 11.9 Å². The van der Waals surface area contributed by atoms with Gasteiger partial charge in [-0.25, -0.2) is 0 Å². The molecular formula is C32H62I2O4. The molecule has 0 radical (unpaired) electrons. The topological polar surface area (TPSA) is 52.6 Å². The molecule has 4 bridgehead atoms. The molecule has 38 heavy (non-hydrogen) atoms. The third-order valence-electron chi connectivity index (χ3n) is 11.9. The molecule has 5 aliphatic rings. The van der Waals surface area contributed by atoms with Crippen molar-refractivity contribution < 1.29 is 19.1 Å². The number of cyclic esters (lactones) is 2. The molecule has 0 amide bonds. The van der Waals surface area contributed by atoms with Crippen LogP contribution in [0.25, 0.3) is 0 Å². The Balaban J connectivity index is 0. The van der Waals surface area contributed by atoms with Crippen molar-refractivity contribution in [3.8, 4) is 0 Å². The molecule has 11 unspecified atom stereocenters. The number of rotatable bonds is 3. The van der Waals surface area contributed by atoms with E-state index in [1.54, 1.807) is 20.3 Å². The zero-order valence-electron chi connectivity index (χ0n) is 22.8. The number of hydrogen-bond acceptors (Lipinski definition) is 4. The van der Waals surface area contributed by atoms with Crippen LogP contribution in [0.5, 0.6) is 0 Å². The minimum Gasteiger partial charge on any atom is -0.393 e. The highest BCUT2D eigenvalue weighted by Crippen LogP contribution is 2.79. The van der Waals surface area contributed by atoms with Crippen molar-refractivity contribution in [1.29, 1.82) is 0 Å². The number of fused-ring (bicyclic) bond motifs is 9. The summed E-state index contributed by atoms with van der Waals surface area (Å²) in [6.07, 6.45) is 4.27. The fourth-order valence-electron chi connectivity index (χ4n) is 9.20. The molecule has 1 aliphatic heterocycles. The molecule has 5 fully saturated rings. The molecule has 1 saturated heterocycles. The van der Waals surface area contributed by atoms with Gasteiger partial charge in [-0.05, 0) is 91.3 Å². The smallest absolute Gasteiger partial charge is 0.317 e. The van der Waals surface area contributed by atoms with E-state index in [1.807, 2.05) is 7.11 Å². The lowest BCUT2D eigenvalue weighted by Crippen LogP contribution is -2.53. The summed E-state index contributed by atoms with van der Waals surface area (Å²) >= 11 is 4.24. The summed E-state index contributed by atoms with van der Waals surface area (Å²) in [4.78, 5) is 21.1. The van der Waals surface area contributed by atoms with E-state index in [4.69, 9.17) is 4.74 Å². The van der Waals surface area contributed by atoms with Crippen LogP contribution in [0.3, 0.4) is 0 Å². The third kappa shape index (κ3) is 6.17. The second kappa shape index (κ2) is 14.2. The Kier molecular flexibility index (Phi) is 15.2. The van der Waals surface area contributed by atoms with Gasteiger partial charge in [0, 0.05) is 44.3 Å². The molecule has 4 saturated carbocycles. The van der Waals surface area contributed by atoms with Gasteiger partial charge in [-0.1, -0.05) is 78.2 Å². The molecule has 0 aromatic carbocycles. The molecule has 5 rings (SSSR count). The van der Waals surface area contributed by atoms with Gasteiger partial charge in [-0.3, -0.25) is 9.59 Å². The number of carbonyl (C=O) groups is 2. The van der Waals surface area contributed by atoms with Gasteiger partial charge in [0.2, 0.25) is 0 Å². The van der Waals surface area contributed by atoms with Crippen molar-refractivity contribution in [2.24, 2.45) is 70.0 Å². The molecule has 1 heterocycles. The zero-order valence-corrected chi connectivity index (χ0v) is 27.1. The Hall–Kier alpha value is 0.560. The van der Waals surface area contributed by atoms with Crippen LogP contribution in [0, 0.1) is 70.0 Å². The second-order valence-electron chi connectivity index (χ2n) is 13.5. The summed E-state index contributed by atoms with van der Waals surface area (Å²) in [6.45, 7) is 20.9. The molecule has 0 aromatic heterocycles. The lowest BCUT2D eigenvalue weighted by atomic mass is 9.48. The minimum atomic E-state index is -0.396. The van der Waals surface area contributed by atoms with E-state index in [1.165, 1.54) is 12.8 Å². The second-order valence-corrected chi connectivity index (χ2v) is 13.5. The number of halogens is 2. The van der Waals surface area contributed by atoms with Crippen molar-refractivity contribution in [2.45, 2.75) is 117 Å². The predicted octanol–water partition coefficient (Wildman–Crippen LogP) is 10.3. The summed E-state index contributed by atoms with van der Waals surface area (Å²) in [5.74, 6) is 6.67. The Morgan fingerprint density at radius 1 is 0.816 bits per heavy atom. The highest BCUT2D eigenvalue weighted by molar-refractivity contribution is 15.0. The van der Waals surface area contributed by atoms with E-state index in [-0.39, 0.29) is 47.1 Å². The Bertz CT molecular complexity index is 778. The molecule has 0 aromatic rings. The number of hydrogen-bond donors (Lipinski definition) is 0. The van der Waals surface area contributed by atoms with Crippen molar-refractivity contribution in [3.63, 3.8) is 0 Å². The maximum absolute atomic E-state index is 10.6. The largest absolute Gasteiger partial charge is 0.393 e. The maximum Gasteiger partial charge on any atom is 0.317 e. The van der Waals surface area contributed by atoms with Gasteiger partial charge in [0.05, 0.1) is 17.4 Å². The SMILES string of the molecule is C.C.C.C.CC1C(=O)OC(=O)C1C.COC(C)(C)CC1(C)C2CC(C3C4CC(C(C)C4C)C32)C1(C)C.II. The molecule has 6 heteroatoms. The van der Waals surface area contributed by atoms with Gasteiger partial charge in [-0.15, -0.1) is 0 Å². The maximum atomic E-state index is 10.6. The molecule has 0 spiro atoms. The highest BCUT2D eigenvalue weighted by Gasteiger charge is 2.74. The van der Waals surface area contributed by atoms with Crippen molar-refractivity contribution >= 4 is 49.2 Å². The number of ether oxygens (including phenoxy) is 2. The first-order valence-electron chi connectivity index (χ1n) is 13.1. The number of methoxy groups -OCH3 is 1. The van der Waals surface area contributed by atoms with Crippen LogP contribution in [0.1, 0.15) is 111 Å². The number of carbonyl (C=O) groups excluding carboxylic acids is 2. The summed E-state index contributed by atoms with van der Waals surface area (Å²) in [5, 5.41) is 0. The van der Waals surface area contributed by atoms with Gasteiger partial charge in [0.25, 0.3) is 0 Å². The molecular weight excluding hydrogens is 702 g/mol. The lowest BCUT2D eigenvalue weighted by molar-refractivity contribution is -0.153.